The lowest BCUT2D eigenvalue weighted by molar-refractivity contribution is -0.144. The summed E-state index contributed by atoms with van der Waals surface area (Å²) < 4.78 is 17.4. The molecule has 1 saturated heterocycles. The Morgan fingerprint density at radius 1 is 0.800 bits per heavy atom. The van der Waals surface area contributed by atoms with Crippen LogP contribution in [0.2, 0.25) is 0 Å². The number of rotatable bonds is 11. The highest BCUT2D eigenvalue weighted by molar-refractivity contribution is 5.71. The van der Waals surface area contributed by atoms with Crippen LogP contribution in [-0.2, 0) is 22.7 Å². The normalized spacial score (nSPS) is 13.6. The number of nitrogens with zero attached hydrogens (tertiary/aromatic N) is 2. The van der Waals surface area contributed by atoms with E-state index in [0.717, 1.165) is 48.2 Å². The van der Waals surface area contributed by atoms with E-state index in [0.29, 0.717) is 43.9 Å². The zero-order valence-corrected chi connectivity index (χ0v) is 23.0. The SMILES string of the molecule is CCOC(=O)CC1CCN(c2ccc(-c3ccc(OCc4ccccc4)nc3OCc3ccccc3)cc2)CC1. The molecule has 206 valence electrons. The third-order valence-electron chi connectivity index (χ3n) is 7.20. The fraction of sp³-hybridized carbons (Fsp3) is 0.294. The van der Waals surface area contributed by atoms with Gasteiger partial charge in [-0.3, -0.25) is 4.79 Å². The van der Waals surface area contributed by atoms with Gasteiger partial charge in [0.2, 0.25) is 11.8 Å². The van der Waals surface area contributed by atoms with Crippen molar-refractivity contribution in [3.63, 3.8) is 0 Å². The lowest BCUT2D eigenvalue weighted by Gasteiger charge is -2.33. The molecule has 5 rings (SSSR count). The van der Waals surface area contributed by atoms with Crippen LogP contribution in [0, 0.1) is 5.92 Å². The molecule has 0 saturated carbocycles. The van der Waals surface area contributed by atoms with Gasteiger partial charge in [0, 0.05) is 36.8 Å². The van der Waals surface area contributed by atoms with Gasteiger partial charge in [-0.25, -0.2) is 0 Å². The van der Waals surface area contributed by atoms with E-state index in [1.807, 2.05) is 79.7 Å². The average Bonchev–Trinajstić information content (AvgIpc) is 3.01. The van der Waals surface area contributed by atoms with Crippen LogP contribution in [-0.4, -0.2) is 30.6 Å². The molecule has 1 aromatic heterocycles. The molecule has 0 bridgehead atoms. The number of anilines is 1. The minimum atomic E-state index is -0.0827. The maximum atomic E-state index is 11.9. The van der Waals surface area contributed by atoms with Gasteiger partial charge >= 0.3 is 5.97 Å². The Kier molecular flexibility index (Phi) is 9.30. The number of benzene rings is 3. The highest BCUT2D eigenvalue weighted by Crippen LogP contribution is 2.33. The van der Waals surface area contributed by atoms with Gasteiger partial charge in [0.25, 0.3) is 0 Å². The highest BCUT2D eigenvalue weighted by atomic mass is 16.5. The number of aromatic nitrogens is 1. The fourth-order valence-electron chi connectivity index (χ4n) is 4.99. The van der Waals surface area contributed by atoms with Crippen LogP contribution in [0.5, 0.6) is 11.8 Å². The van der Waals surface area contributed by atoms with Gasteiger partial charge in [-0.2, -0.15) is 4.98 Å². The van der Waals surface area contributed by atoms with Gasteiger partial charge in [-0.1, -0.05) is 72.8 Å². The first-order chi connectivity index (χ1) is 19.7. The maximum Gasteiger partial charge on any atom is 0.306 e. The number of carbonyl (C=O) groups excluding carboxylic acids is 1. The summed E-state index contributed by atoms with van der Waals surface area (Å²) in [6, 6.07) is 32.6. The minimum Gasteiger partial charge on any atom is -0.473 e. The second kappa shape index (κ2) is 13.7. The van der Waals surface area contributed by atoms with Crippen LogP contribution in [0.3, 0.4) is 0 Å². The Morgan fingerprint density at radius 3 is 2.05 bits per heavy atom. The van der Waals surface area contributed by atoms with Crippen molar-refractivity contribution in [1.82, 2.24) is 4.98 Å². The Bertz CT molecular complexity index is 1350. The first kappa shape index (κ1) is 27.3. The molecule has 0 unspecified atom stereocenters. The summed E-state index contributed by atoms with van der Waals surface area (Å²) >= 11 is 0. The Balaban J connectivity index is 1.28. The van der Waals surface area contributed by atoms with Crippen molar-refractivity contribution < 1.29 is 19.0 Å². The van der Waals surface area contributed by atoms with Gasteiger partial charge in [-0.15, -0.1) is 0 Å². The average molecular weight is 537 g/mol. The van der Waals surface area contributed by atoms with Crippen LogP contribution in [0.4, 0.5) is 5.69 Å². The molecule has 1 aliphatic heterocycles. The topological polar surface area (TPSA) is 60.9 Å². The molecule has 1 aliphatic rings. The number of hydrogen-bond acceptors (Lipinski definition) is 6. The second-order valence-electron chi connectivity index (χ2n) is 10.0. The van der Waals surface area contributed by atoms with Crippen molar-refractivity contribution in [2.75, 3.05) is 24.6 Å². The van der Waals surface area contributed by atoms with E-state index in [1.165, 1.54) is 5.69 Å². The van der Waals surface area contributed by atoms with Gasteiger partial charge < -0.3 is 19.1 Å². The van der Waals surface area contributed by atoms with Crippen molar-refractivity contribution in [3.8, 4) is 22.9 Å². The van der Waals surface area contributed by atoms with Crippen molar-refractivity contribution in [1.29, 1.82) is 0 Å². The molecule has 4 aromatic rings. The molecular formula is C34H36N2O4. The molecular weight excluding hydrogens is 500 g/mol. The Morgan fingerprint density at radius 2 is 1.43 bits per heavy atom. The number of pyridine rings is 1. The van der Waals surface area contributed by atoms with Crippen molar-refractivity contribution >= 4 is 11.7 Å². The predicted molar refractivity (Wildman–Crippen MR) is 157 cm³/mol. The molecule has 1 fully saturated rings. The van der Waals surface area contributed by atoms with Gasteiger partial charge in [0.1, 0.15) is 13.2 Å². The minimum absolute atomic E-state index is 0.0827. The number of hydrogen-bond donors (Lipinski definition) is 0. The summed E-state index contributed by atoms with van der Waals surface area (Å²) in [4.78, 5) is 19.0. The molecule has 40 heavy (non-hydrogen) atoms. The first-order valence-electron chi connectivity index (χ1n) is 14.0. The predicted octanol–water partition coefficient (Wildman–Crippen LogP) is 7.08. The summed E-state index contributed by atoms with van der Waals surface area (Å²) in [7, 11) is 0. The maximum absolute atomic E-state index is 11.9. The van der Waals surface area contributed by atoms with Crippen molar-refractivity contribution in [3.05, 3.63) is 108 Å². The molecule has 6 nitrogen and oxygen atoms in total. The first-order valence-corrected chi connectivity index (χ1v) is 14.0. The van der Waals surface area contributed by atoms with Gasteiger partial charge in [0.05, 0.1) is 6.61 Å². The van der Waals surface area contributed by atoms with Crippen LogP contribution < -0.4 is 14.4 Å². The third-order valence-corrected chi connectivity index (χ3v) is 7.20. The van der Waals surface area contributed by atoms with E-state index in [4.69, 9.17) is 19.2 Å². The molecule has 6 heteroatoms. The number of esters is 1. The monoisotopic (exact) mass is 536 g/mol. The van der Waals surface area contributed by atoms with Crippen LogP contribution in [0.25, 0.3) is 11.1 Å². The molecule has 0 radical (unpaired) electrons. The molecule has 3 aromatic carbocycles. The lowest BCUT2D eigenvalue weighted by Crippen LogP contribution is -2.34. The van der Waals surface area contributed by atoms with Crippen LogP contribution >= 0.6 is 0 Å². The number of ether oxygens (including phenoxy) is 3. The zero-order chi connectivity index (χ0) is 27.6. The van der Waals surface area contributed by atoms with Crippen LogP contribution in [0.15, 0.2) is 97.1 Å². The van der Waals surface area contributed by atoms with Crippen LogP contribution in [0.1, 0.15) is 37.3 Å². The Labute approximate surface area is 236 Å². The van der Waals surface area contributed by atoms with E-state index < -0.39 is 0 Å². The van der Waals surface area contributed by atoms with Gasteiger partial charge in [-0.05, 0) is 60.6 Å². The molecule has 0 atom stereocenters. The summed E-state index contributed by atoms with van der Waals surface area (Å²) in [6.45, 7) is 5.03. The summed E-state index contributed by atoms with van der Waals surface area (Å²) in [5, 5.41) is 0. The summed E-state index contributed by atoms with van der Waals surface area (Å²) in [6.07, 6.45) is 2.50. The van der Waals surface area contributed by atoms with Crippen molar-refractivity contribution in [2.24, 2.45) is 5.92 Å². The number of carbonyl (C=O) groups is 1. The summed E-state index contributed by atoms with van der Waals surface area (Å²) in [5.41, 5.74) is 5.29. The molecule has 0 aliphatic carbocycles. The third kappa shape index (κ3) is 7.41. The smallest absolute Gasteiger partial charge is 0.306 e. The summed E-state index contributed by atoms with van der Waals surface area (Å²) in [5.74, 6) is 1.38. The lowest BCUT2D eigenvalue weighted by atomic mass is 9.93. The van der Waals surface area contributed by atoms with E-state index in [2.05, 4.69) is 29.2 Å². The molecule has 0 amide bonds. The van der Waals surface area contributed by atoms with E-state index in [-0.39, 0.29) is 5.97 Å². The second-order valence-corrected chi connectivity index (χ2v) is 10.0. The molecule has 0 N–H and O–H groups in total. The largest absolute Gasteiger partial charge is 0.473 e. The van der Waals surface area contributed by atoms with E-state index in [1.54, 1.807) is 0 Å². The fourth-order valence-corrected chi connectivity index (χ4v) is 4.99. The van der Waals surface area contributed by atoms with E-state index >= 15 is 0 Å². The van der Waals surface area contributed by atoms with Gasteiger partial charge in [0.15, 0.2) is 0 Å². The number of piperidine rings is 1. The Hall–Kier alpha value is -4.32. The van der Waals surface area contributed by atoms with E-state index in [9.17, 15) is 4.79 Å². The standard InChI is InChI=1S/C34H36N2O4/c1-2-38-33(37)23-26-19-21-36(22-20-26)30-15-13-29(14-16-30)31-17-18-32(39-24-27-9-5-3-6-10-27)35-34(31)40-25-28-11-7-4-8-12-28/h3-18,26H,2,19-25H2,1H3. The van der Waals surface area contributed by atoms with Crippen molar-refractivity contribution in [2.45, 2.75) is 39.4 Å². The highest BCUT2D eigenvalue weighted by Gasteiger charge is 2.22. The molecule has 0 spiro atoms. The molecule has 2 heterocycles. The quantitative estimate of drug-likeness (QED) is 0.191. The zero-order valence-electron chi connectivity index (χ0n) is 23.0.